The van der Waals surface area contributed by atoms with Gasteiger partial charge in [0.2, 0.25) is 0 Å². The lowest BCUT2D eigenvalue weighted by Crippen LogP contribution is -2.26. The molecule has 1 aliphatic rings. The van der Waals surface area contributed by atoms with Crippen LogP contribution in [0.25, 0.3) is 0 Å². The average molecular weight is 210 g/mol. The summed E-state index contributed by atoms with van der Waals surface area (Å²) in [4.78, 5) is 4.43. The number of piperidine rings is 1. The van der Waals surface area contributed by atoms with Crippen LogP contribution < -0.4 is 5.32 Å². The number of hydrogen-bond acceptors (Lipinski definition) is 4. The highest BCUT2D eigenvalue weighted by Crippen LogP contribution is 2.22. The number of hydrogen-bond donors (Lipinski definition) is 2. The minimum Gasteiger partial charge on any atom is -0.449 e. The summed E-state index contributed by atoms with van der Waals surface area (Å²) < 4.78 is 5.36. The molecule has 0 amide bonds. The number of aliphatic hydroxyl groups is 1. The van der Waals surface area contributed by atoms with Crippen LogP contribution in [0.5, 0.6) is 0 Å². The van der Waals surface area contributed by atoms with Gasteiger partial charge in [0, 0.05) is 13.0 Å². The number of aliphatic hydroxyl groups excluding tert-OH is 1. The molecule has 0 aliphatic carbocycles. The molecule has 0 bridgehead atoms. The molecular formula is C11H18N2O2. The van der Waals surface area contributed by atoms with Crippen molar-refractivity contribution in [2.45, 2.75) is 38.1 Å². The molecule has 1 aromatic heterocycles. The third kappa shape index (κ3) is 2.79. The van der Waals surface area contributed by atoms with Crippen LogP contribution in [-0.4, -0.2) is 23.2 Å². The van der Waals surface area contributed by atoms with E-state index in [4.69, 9.17) is 9.52 Å². The van der Waals surface area contributed by atoms with Crippen LogP contribution in [0.3, 0.4) is 0 Å². The van der Waals surface area contributed by atoms with Crippen LogP contribution in [0, 0.1) is 0 Å². The molecule has 4 heteroatoms. The maximum absolute atomic E-state index is 8.70. The Labute approximate surface area is 89.7 Å². The average Bonchev–Trinajstić information content (AvgIpc) is 2.76. The van der Waals surface area contributed by atoms with Gasteiger partial charge < -0.3 is 14.8 Å². The zero-order valence-corrected chi connectivity index (χ0v) is 8.91. The Bertz CT molecular complexity index is 293. The molecule has 1 fully saturated rings. The molecule has 2 heterocycles. The smallest absolute Gasteiger partial charge is 0.194 e. The molecule has 0 saturated carbocycles. The lowest BCUT2D eigenvalue weighted by molar-refractivity contribution is 0.283. The molecule has 15 heavy (non-hydrogen) atoms. The normalized spacial score (nSPS) is 21.8. The molecular weight excluding hydrogens is 192 g/mol. The predicted octanol–water partition coefficient (Wildman–Crippen LogP) is 1.41. The molecule has 1 aromatic rings. The van der Waals surface area contributed by atoms with E-state index in [0.29, 0.717) is 6.04 Å². The van der Waals surface area contributed by atoms with Gasteiger partial charge in [0.25, 0.3) is 0 Å². The van der Waals surface area contributed by atoms with E-state index in [9.17, 15) is 0 Å². The first-order chi connectivity index (χ1) is 7.40. The van der Waals surface area contributed by atoms with E-state index in [1.807, 2.05) is 0 Å². The van der Waals surface area contributed by atoms with E-state index >= 15 is 0 Å². The molecule has 0 radical (unpaired) electrons. The highest BCUT2D eigenvalue weighted by Gasteiger charge is 2.18. The summed E-state index contributed by atoms with van der Waals surface area (Å²) in [6, 6.07) is 0.366. The first-order valence-corrected chi connectivity index (χ1v) is 5.68. The molecule has 1 atom stereocenters. The molecule has 4 nitrogen and oxygen atoms in total. The summed E-state index contributed by atoms with van der Waals surface area (Å²) in [6.07, 6.45) is 6.85. The van der Waals surface area contributed by atoms with Crippen molar-refractivity contribution < 1.29 is 9.52 Å². The second kappa shape index (κ2) is 5.28. The van der Waals surface area contributed by atoms with Gasteiger partial charge in [-0.15, -0.1) is 0 Å². The largest absolute Gasteiger partial charge is 0.449 e. The van der Waals surface area contributed by atoms with E-state index in [0.717, 1.165) is 37.4 Å². The number of aryl methyl sites for hydroxylation is 1. The lowest BCUT2D eigenvalue weighted by Gasteiger charge is -2.20. The van der Waals surface area contributed by atoms with Crippen molar-refractivity contribution >= 4 is 0 Å². The molecule has 1 saturated heterocycles. The van der Waals surface area contributed by atoms with E-state index in [-0.39, 0.29) is 6.61 Å². The van der Waals surface area contributed by atoms with Crippen molar-refractivity contribution in [3.8, 4) is 0 Å². The van der Waals surface area contributed by atoms with Crippen molar-refractivity contribution in [1.29, 1.82) is 0 Å². The van der Waals surface area contributed by atoms with E-state index < -0.39 is 0 Å². The van der Waals surface area contributed by atoms with Gasteiger partial charge in [-0.1, -0.05) is 6.42 Å². The molecule has 2 rings (SSSR count). The van der Waals surface area contributed by atoms with Crippen molar-refractivity contribution in [2.24, 2.45) is 0 Å². The van der Waals surface area contributed by atoms with Crippen molar-refractivity contribution in [1.82, 2.24) is 10.3 Å². The third-order valence-corrected chi connectivity index (χ3v) is 2.79. The van der Waals surface area contributed by atoms with Gasteiger partial charge in [0.15, 0.2) is 5.89 Å². The van der Waals surface area contributed by atoms with Crippen LogP contribution in [0.15, 0.2) is 10.7 Å². The first kappa shape index (κ1) is 10.6. The number of rotatable bonds is 4. The topological polar surface area (TPSA) is 58.3 Å². The number of nitrogens with zero attached hydrogens (tertiary/aromatic N) is 1. The van der Waals surface area contributed by atoms with Gasteiger partial charge in [-0.2, -0.15) is 0 Å². The van der Waals surface area contributed by atoms with Crippen molar-refractivity contribution in [2.75, 3.05) is 13.2 Å². The van der Waals surface area contributed by atoms with Gasteiger partial charge in [-0.3, -0.25) is 0 Å². The fourth-order valence-corrected chi connectivity index (χ4v) is 1.93. The number of aromatic nitrogens is 1. The molecule has 0 spiro atoms. The second-order valence-electron chi connectivity index (χ2n) is 4.00. The first-order valence-electron chi connectivity index (χ1n) is 5.68. The Morgan fingerprint density at radius 1 is 1.53 bits per heavy atom. The van der Waals surface area contributed by atoms with E-state index in [1.165, 1.54) is 12.8 Å². The predicted molar refractivity (Wildman–Crippen MR) is 56.5 cm³/mol. The maximum atomic E-state index is 8.70. The summed E-state index contributed by atoms with van der Waals surface area (Å²) >= 11 is 0. The Morgan fingerprint density at radius 2 is 2.47 bits per heavy atom. The molecule has 0 aromatic carbocycles. The lowest BCUT2D eigenvalue weighted by atomic mass is 10.0. The van der Waals surface area contributed by atoms with Crippen LogP contribution in [0.2, 0.25) is 0 Å². The summed E-state index contributed by atoms with van der Waals surface area (Å²) in [5.74, 6) is 0.742. The third-order valence-electron chi connectivity index (χ3n) is 2.79. The van der Waals surface area contributed by atoms with E-state index in [1.54, 1.807) is 6.26 Å². The monoisotopic (exact) mass is 210 g/mol. The van der Waals surface area contributed by atoms with Crippen LogP contribution in [-0.2, 0) is 6.42 Å². The zero-order chi connectivity index (χ0) is 10.5. The summed E-state index contributed by atoms with van der Waals surface area (Å²) in [6.45, 7) is 1.27. The Kier molecular flexibility index (Phi) is 3.75. The van der Waals surface area contributed by atoms with Gasteiger partial charge in [0.1, 0.15) is 6.26 Å². The molecule has 1 unspecified atom stereocenters. The van der Waals surface area contributed by atoms with Crippen LogP contribution in [0.4, 0.5) is 0 Å². The van der Waals surface area contributed by atoms with Crippen LogP contribution in [0.1, 0.15) is 43.3 Å². The fourth-order valence-electron chi connectivity index (χ4n) is 1.93. The van der Waals surface area contributed by atoms with Gasteiger partial charge in [-0.25, -0.2) is 4.98 Å². The summed E-state index contributed by atoms with van der Waals surface area (Å²) in [7, 11) is 0. The van der Waals surface area contributed by atoms with Crippen molar-refractivity contribution in [3.05, 3.63) is 17.8 Å². The SMILES string of the molecule is OCCCc1nc(C2CCCCN2)co1. The van der Waals surface area contributed by atoms with Gasteiger partial charge >= 0.3 is 0 Å². The maximum Gasteiger partial charge on any atom is 0.194 e. The highest BCUT2D eigenvalue weighted by molar-refractivity contribution is 5.04. The number of oxazole rings is 1. The quantitative estimate of drug-likeness (QED) is 0.789. The molecule has 2 N–H and O–H groups in total. The second-order valence-corrected chi connectivity index (χ2v) is 4.00. The minimum atomic E-state index is 0.194. The fraction of sp³-hybridized carbons (Fsp3) is 0.727. The van der Waals surface area contributed by atoms with Crippen LogP contribution >= 0.6 is 0 Å². The Morgan fingerprint density at radius 3 is 3.20 bits per heavy atom. The highest BCUT2D eigenvalue weighted by atomic mass is 16.3. The van der Waals surface area contributed by atoms with Gasteiger partial charge in [0.05, 0.1) is 11.7 Å². The number of nitrogens with one attached hydrogen (secondary N) is 1. The zero-order valence-electron chi connectivity index (χ0n) is 8.91. The van der Waals surface area contributed by atoms with Crippen molar-refractivity contribution in [3.63, 3.8) is 0 Å². The Hall–Kier alpha value is -0.870. The summed E-state index contributed by atoms with van der Waals surface area (Å²) in [5, 5.41) is 12.1. The Balaban J connectivity index is 1.93. The molecule has 1 aliphatic heterocycles. The minimum absolute atomic E-state index is 0.194. The summed E-state index contributed by atoms with van der Waals surface area (Å²) in [5.41, 5.74) is 1.02. The molecule has 84 valence electrons. The standard InChI is InChI=1S/C11H18N2O2/c14-7-3-5-11-13-10(8-15-11)9-4-1-2-6-12-9/h8-9,12,14H,1-7H2. The van der Waals surface area contributed by atoms with Gasteiger partial charge in [-0.05, 0) is 25.8 Å². The van der Waals surface area contributed by atoms with E-state index in [2.05, 4.69) is 10.3 Å².